The molecular formula is C27H25N5O2S. The molecule has 2 aromatic carbocycles. The number of fused-ring (bicyclic) bond motifs is 3. The predicted molar refractivity (Wildman–Crippen MR) is 140 cm³/mol. The van der Waals surface area contributed by atoms with Crippen LogP contribution in [0, 0.1) is 0 Å². The Morgan fingerprint density at radius 3 is 2.60 bits per heavy atom. The summed E-state index contributed by atoms with van der Waals surface area (Å²) < 4.78 is 1.39. The van der Waals surface area contributed by atoms with E-state index in [-0.39, 0.29) is 23.2 Å². The van der Waals surface area contributed by atoms with Crippen LogP contribution in [0.25, 0.3) is 33.2 Å². The summed E-state index contributed by atoms with van der Waals surface area (Å²) in [5.74, 6) is 0.442. The summed E-state index contributed by atoms with van der Waals surface area (Å²) in [6, 6.07) is 14.9. The summed E-state index contributed by atoms with van der Waals surface area (Å²) in [6.07, 6.45) is 4.23. The smallest absolute Gasteiger partial charge is 0.277 e. The van der Waals surface area contributed by atoms with E-state index in [9.17, 15) is 9.59 Å². The zero-order valence-corrected chi connectivity index (χ0v) is 20.4. The van der Waals surface area contributed by atoms with Crippen molar-refractivity contribution in [2.24, 2.45) is 0 Å². The van der Waals surface area contributed by atoms with E-state index in [1.807, 2.05) is 50.2 Å². The molecule has 6 rings (SSSR count). The van der Waals surface area contributed by atoms with Gasteiger partial charge in [-0.05, 0) is 63.3 Å². The first-order valence-electron chi connectivity index (χ1n) is 11.9. The quantitative estimate of drug-likeness (QED) is 0.342. The normalized spacial score (nSPS) is 13.5. The van der Waals surface area contributed by atoms with Crippen LogP contribution in [0.3, 0.4) is 0 Å². The van der Waals surface area contributed by atoms with Gasteiger partial charge in [-0.1, -0.05) is 30.3 Å². The van der Waals surface area contributed by atoms with Gasteiger partial charge in [-0.25, -0.2) is 9.67 Å². The van der Waals surface area contributed by atoms with Gasteiger partial charge in [0.15, 0.2) is 5.69 Å². The van der Waals surface area contributed by atoms with E-state index in [1.165, 1.54) is 15.1 Å². The summed E-state index contributed by atoms with van der Waals surface area (Å²) in [7, 11) is 0. The topological polar surface area (TPSA) is 92.7 Å². The van der Waals surface area contributed by atoms with E-state index < -0.39 is 0 Å². The average molecular weight is 484 g/mol. The highest BCUT2D eigenvalue weighted by molar-refractivity contribution is 7.17. The van der Waals surface area contributed by atoms with Crippen LogP contribution in [-0.4, -0.2) is 25.7 Å². The third-order valence-electron chi connectivity index (χ3n) is 6.56. The van der Waals surface area contributed by atoms with Crippen molar-refractivity contribution in [3.05, 3.63) is 75.0 Å². The number of hydrogen-bond acceptors (Lipinski definition) is 5. The van der Waals surface area contributed by atoms with Crippen LogP contribution in [0.5, 0.6) is 0 Å². The van der Waals surface area contributed by atoms with Crippen LogP contribution in [0.15, 0.2) is 53.3 Å². The van der Waals surface area contributed by atoms with Crippen LogP contribution < -0.4 is 10.9 Å². The molecule has 0 saturated carbocycles. The maximum absolute atomic E-state index is 13.7. The molecule has 0 atom stereocenters. The highest BCUT2D eigenvalue weighted by Crippen LogP contribution is 2.44. The van der Waals surface area contributed by atoms with Gasteiger partial charge in [0, 0.05) is 10.3 Å². The number of aromatic nitrogens is 4. The zero-order chi connectivity index (χ0) is 24.1. The molecule has 1 aliphatic rings. The highest BCUT2D eigenvalue weighted by atomic mass is 32.1. The maximum atomic E-state index is 13.7. The fourth-order valence-electron chi connectivity index (χ4n) is 4.86. The van der Waals surface area contributed by atoms with Crippen molar-refractivity contribution in [2.45, 2.75) is 45.6 Å². The van der Waals surface area contributed by atoms with E-state index in [1.54, 1.807) is 23.5 Å². The lowest BCUT2D eigenvalue weighted by Gasteiger charge is -2.14. The molecule has 1 amide bonds. The van der Waals surface area contributed by atoms with Gasteiger partial charge in [-0.3, -0.25) is 9.59 Å². The first kappa shape index (κ1) is 21.7. The Labute approximate surface area is 205 Å². The second kappa shape index (κ2) is 8.46. The Bertz CT molecular complexity index is 1630. The minimum absolute atomic E-state index is 0.168. The number of H-pyrrole nitrogens is 1. The van der Waals surface area contributed by atoms with Gasteiger partial charge >= 0.3 is 0 Å². The highest BCUT2D eigenvalue weighted by Gasteiger charge is 2.26. The average Bonchev–Trinajstić information content (AvgIpc) is 3.44. The van der Waals surface area contributed by atoms with Crippen LogP contribution in [0.2, 0.25) is 0 Å². The van der Waals surface area contributed by atoms with Crippen LogP contribution in [0.4, 0.5) is 5.00 Å². The minimum atomic E-state index is -0.327. The third-order valence-corrected chi connectivity index (χ3v) is 7.76. The van der Waals surface area contributed by atoms with Crippen molar-refractivity contribution in [2.75, 3.05) is 5.32 Å². The first-order valence-corrected chi connectivity index (χ1v) is 12.8. The van der Waals surface area contributed by atoms with Crippen molar-refractivity contribution in [3.8, 4) is 11.4 Å². The number of benzene rings is 2. The predicted octanol–water partition coefficient (Wildman–Crippen LogP) is 5.71. The van der Waals surface area contributed by atoms with E-state index in [0.29, 0.717) is 10.8 Å². The molecule has 8 heteroatoms. The molecule has 3 aromatic heterocycles. The van der Waals surface area contributed by atoms with E-state index in [0.717, 1.165) is 53.1 Å². The molecule has 5 aromatic rings. The molecule has 0 unspecified atom stereocenters. The third kappa shape index (κ3) is 3.65. The summed E-state index contributed by atoms with van der Waals surface area (Å²) in [5.41, 5.74) is 4.15. The SMILES string of the molecule is CC(C)n1nc(C(=O)Nc2sc3c(c2-c2nc4ccccc4[nH]2)CCCC3)c2ccccc2c1=O. The number of thiophene rings is 1. The first-order chi connectivity index (χ1) is 17.0. The summed E-state index contributed by atoms with van der Waals surface area (Å²) >= 11 is 1.62. The van der Waals surface area contributed by atoms with Gasteiger partial charge in [0.2, 0.25) is 0 Å². The van der Waals surface area contributed by atoms with Gasteiger partial charge in [-0.2, -0.15) is 5.10 Å². The molecule has 0 saturated heterocycles. The molecule has 0 aliphatic heterocycles. The summed E-state index contributed by atoms with van der Waals surface area (Å²) in [4.78, 5) is 36.2. The molecule has 0 fully saturated rings. The van der Waals surface area contributed by atoms with Crippen molar-refractivity contribution in [1.82, 2.24) is 19.7 Å². The number of hydrogen-bond donors (Lipinski definition) is 2. The molecule has 2 N–H and O–H groups in total. The standard InChI is InChI=1S/C27H25N5O2S/c1-15(2)32-27(34)17-10-4-3-9-16(17)23(31-32)25(33)30-26-22(18-11-5-8-14-21(18)35-26)24-28-19-12-6-7-13-20(19)29-24/h3-4,6-7,9-10,12-13,15H,5,8,11,14H2,1-2H3,(H,28,29)(H,30,33). The fraction of sp³-hybridized carbons (Fsp3) is 0.259. The van der Waals surface area contributed by atoms with Crippen molar-refractivity contribution in [3.63, 3.8) is 0 Å². The van der Waals surface area contributed by atoms with E-state index in [4.69, 9.17) is 4.98 Å². The van der Waals surface area contributed by atoms with Crippen LogP contribution >= 0.6 is 11.3 Å². The van der Waals surface area contributed by atoms with Crippen molar-refractivity contribution >= 4 is 44.1 Å². The van der Waals surface area contributed by atoms with Gasteiger partial charge in [0.05, 0.1) is 28.0 Å². The summed E-state index contributed by atoms with van der Waals surface area (Å²) in [5, 5.41) is 9.45. The molecule has 176 valence electrons. The van der Waals surface area contributed by atoms with E-state index in [2.05, 4.69) is 15.4 Å². The number of aromatic amines is 1. The molecule has 35 heavy (non-hydrogen) atoms. The largest absolute Gasteiger partial charge is 0.338 e. The summed E-state index contributed by atoms with van der Waals surface area (Å²) in [6.45, 7) is 3.77. The maximum Gasteiger partial charge on any atom is 0.277 e. The Morgan fingerprint density at radius 1 is 1.06 bits per heavy atom. The number of aryl methyl sites for hydroxylation is 1. The van der Waals surface area contributed by atoms with Gasteiger partial charge < -0.3 is 10.3 Å². The molecule has 0 bridgehead atoms. The number of imidazole rings is 1. The van der Waals surface area contributed by atoms with Crippen molar-refractivity contribution < 1.29 is 4.79 Å². The number of carbonyl (C=O) groups excluding carboxylic acids is 1. The van der Waals surface area contributed by atoms with E-state index >= 15 is 0 Å². The number of anilines is 1. The Hall–Kier alpha value is -3.78. The molecule has 3 heterocycles. The van der Waals surface area contributed by atoms with Crippen molar-refractivity contribution in [1.29, 1.82) is 0 Å². The number of nitrogens with zero attached hydrogens (tertiary/aromatic N) is 3. The molecule has 1 aliphatic carbocycles. The van der Waals surface area contributed by atoms with Crippen LogP contribution in [0.1, 0.15) is 53.7 Å². The lowest BCUT2D eigenvalue weighted by atomic mass is 9.95. The molecule has 7 nitrogen and oxygen atoms in total. The van der Waals surface area contributed by atoms with Gasteiger partial charge in [-0.15, -0.1) is 11.3 Å². The zero-order valence-electron chi connectivity index (χ0n) is 19.6. The van der Waals surface area contributed by atoms with Gasteiger partial charge in [0.1, 0.15) is 10.8 Å². The number of rotatable bonds is 4. The second-order valence-electron chi connectivity index (χ2n) is 9.21. The Morgan fingerprint density at radius 2 is 1.80 bits per heavy atom. The minimum Gasteiger partial charge on any atom is -0.338 e. The number of para-hydroxylation sites is 2. The fourth-order valence-corrected chi connectivity index (χ4v) is 6.15. The van der Waals surface area contributed by atoms with Crippen LogP contribution in [-0.2, 0) is 12.8 Å². The monoisotopic (exact) mass is 483 g/mol. The number of nitrogens with one attached hydrogen (secondary N) is 2. The number of amides is 1. The Kier molecular flexibility index (Phi) is 5.25. The number of carbonyl (C=O) groups is 1. The molecule has 0 radical (unpaired) electrons. The lowest BCUT2D eigenvalue weighted by Crippen LogP contribution is -2.28. The molecular weight excluding hydrogens is 458 g/mol. The Balaban J connectivity index is 1.48. The lowest BCUT2D eigenvalue weighted by molar-refractivity contribution is 0.102. The van der Waals surface area contributed by atoms with Gasteiger partial charge in [0.25, 0.3) is 11.5 Å². The second-order valence-corrected chi connectivity index (χ2v) is 10.3. The molecule has 0 spiro atoms.